The van der Waals surface area contributed by atoms with Crippen molar-refractivity contribution in [1.29, 1.82) is 0 Å². The minimum atomic E-state index is 0.0854. The van der Waals surface area contributed by atoms with Crippen molar-refractivity contribution in [1.82, 2.24) is 0 Å². The van der Waals surface area contributed by atoms with Crippen LogP contribution < -0.4 is 5.32 Å². The highest BCUT2D eigenvalue weighted by atomic mass is 16.4. The molecule has 1 aliphatic rings. The first-order valence-corrected chi connectivity index (χ1v) is 6.86. The van der Waals surface area contributed by atoms with E-state index < -0.39 is 0 Å². The van der Waals surface area contributed by atoms with Crippen LogP contribution in [0.25, 0.3) is 0 Å². The van der Waals surface area contributed by atoms with Gasteiger partial charge in [0, 0.05) is 0 Å². The van der Waals surface area contributed by atoms with Crippen molar-refractivity contribution < 1.29 is 19.4 Å². The van der Waals surface area contributed by atoms with Crippen LogP contribution in [0.2, 0.25) is 0 Å². The van der Waals surface area contributed by atoms with E-state index in [0.717, 1.165) is 17.2 Å². The maximum Gasteiger partial charge on any atom is 0.161 e. The lowest BCUT2D eigenvalue weighted by atomic mass is 9.78. The third-order valence-electron chi connectivity index (χ3n) is 4.28. The van der Waals surface area contributed by atoms with Crippen LogP contribution in [0.15, 0.2) is 50.8 Å². The normalized spacial score (nSPS) is 32.6. The van der Waals surface area contributed by atoms with Crippen LogP contribution in [0, 0.1) is 11.8 Å². The fourth-order valence-corrected chi connectivity index (χ4v) is 3.17. The molecule has 106 valence electrons. The Morgan fingerprint density at radius 2 is 1.50 bits per heavy atom. The lowest BCUT2D eigenvalue weighted by Crippen LogP contribution is -2.91. The Bertz CT molecular complexity index is 526. The Hall–Kier alpha value is -2.01. The summed E-state index contributed by atoms with van der Waals surface area (Å²) >= 11 is 0. The molecule has 2 aromatic heterocycles. The summed E-state index contributed by atoms with van der Waals surface area (Å²) in [5.41, 5.74) is 0.787. The molecule has 1 aliphatic heterocycles. The second-order valence-corrected chi connectivity index (χ2v) is 5.38. The zero-order valence-electron chi connectivity index (χ0n) is 11.6. The summed E-state index contributed by atoms with van der Waals surface area (Å²) in [4.78, 5) is 0. The number of rotatable bonds is 2. The van der Waals surface area contributed by atoms with Crippen molar-refractivity contribution in [2.75, 3.05) is 0 Å². The lowest BCUT2D eigenvalue weighted by Gasteiger charge is -2.35. The smallest absolute Gasteiger partial charge is 0.161 e. The highest BCUT2D eigenvalue weighted by Gasteiger charge is 2.45. The fourth-order valence-electron chi connectivity index (χ4n) is 3.17. The van der Waals surface area contributed by atoms with Crippen molar-refractivity contribution in [3.05, 3.63) is 48.3 Å². The van der Waals surface area contributed by atoms with E-state index in [-0.39, 0.29) is 23.9 Å². The van der Waals surface area contributed by atoms with Crippen LogP contribution in [0.4, 0.5) is 0 Å². The third kappa shape index (κ3) is 2.04. The number of oxime groups is 1. The van der Waals surface area contributed by atoms with E-state index in [9.17, 15) is 5.21 Å². The van der Waals surface area contributed by atoms with E-state index in [2.05, 4.69) is 24.3 Å². The number of hydrogen-bond donors (Lipinski definition) is 2. The van der Waals surface area contributed by atoms with Gasteiger partial charge in [0.25, 0.3) is 0 Å². The number of quaternary nitrogens is 1. The first kappa shape index (κ1) is 13.0. The average molecular weight is 275 g/mol. The van der Waals surface area contributed by atoms with Gasteiger partial charge in [-0.25, -0.2) is 0 Å². The number of nitrogens with two attached hydrogens (primary N) is 1. The van der Waals surface area contributed by atoms with E-state index in [1.807, 2.05) is 24.3 Å². The first-order chi connectivity index (χ1) is 9.72. The molecule has 3 rings (SSSR count). The average Bonchev–Trinajstić information content (AvgIpc) is 3.12. The number of piperidine rings is 1. The summed E-state index contributed by atoms with van der Waals surface area (Å²) in [6, 6.07) is 7.85. The van der Waals surface area contributed by atoms with Gasteiger partial charge in [-0.1, -0.05) is 19.0 Å². The highest BCUT2D eigenvalue weighted by Crippen LogP contribution is 2.33. The van der Waals surface area contributed by atoms with Crippen LogP contribution >= 0.6 is 0 Å². The summed E-state index contributed by atoms with van der Waals surface area (Å²) < 4.78 is 11.1. The largest absolute Gasteiger partial charge is 0.463 e. The molecule has 2 aromatic rings. The van der Waals surface area contributed by atoms with Gasteiger partial charge in [-0.3, -0.25) is 0 Å². The van der Waals surface area contributed by atoms with E-state index in [1.165, 1.54) is 0 Å². The van der Waals surface area contributed by atoms with Crippen LogP contribution in [0.5, 0.6) is 0 Å². The minimum absolute atomic E-state index is 0.0854. The van der Waals surface area contributed by atoms with Crippen LogP contribution in [0.1, 0.15) is 37.5 Å². The molecule has 4 atom stereocenters. The summed E-state index contributed by atoms with van der Waals surface area (Å²) in [6.45, 7) is 4.13. The van der Waals surface area contributed by atoms with E-state index in [0.29, 0.717) is 0 Å². The van der Waals surface area contributed by atoms with E-state index >= 15 is 0 Å². The predicted octanol–water partition coefficient (Wildman–Crippen LogP) is 2.33. The molecule has 0 aromatic carbocycles. The van der Waals surface area contributed by atoms with E-state index in [1.54, 1.807) is 12.5 Å². The van der Waals surface area contributed by atoms with Gasteiger partial charge in [0.1, 0.15) is 0 Å². The number of hydrogen-bond acceptors (Lipinski definition) is 4. The highest BCUT2D eigenvalue weighted by molar-refractivity contribution is 5.89. The molecule has 0 amide bonds. The van der Waals surface area contributed by atoms with Crippen LogP contribution in [-0.4, -0.2) is 10.9 Å². The van der Waals surface area contributed by atoms with Crippen molar-refractivity contribution in [3.63, 3.8) is 0 Å². The first-order valence-electron chi connectivity index (χ1n) is 6.86. The Morgan fingerprint density at radius 1 is 1.00 bits per heavy atom. The lowest BCUT2D eigenvalue weighted by molar-refractivity contribution is -0.750. The van der Waals surface area contributed by atoms with Gasteiger partial charge in [-0.15, -0.1) is 0 Å². The quantitative estimate of drug-likeness (QED) is 0.652. The fraction of sp³-hybridized carbons (Fsp3) is 0.400. The molecule has 1 fully saturated rings. The summed E-state index contributed by atoms with van der Waals surface area (Å²) in [5, 5.41) is 15.2. The molecule has 3 heterocycles. The SMILES string of the molecule is C[C@@H]1C(=NO)[C@@H](C)[C@H](c2ccco2)[NH2+][C@@H]1c1ccco1. The standard InChI is InChI=1S/C15H18N2O3/c1-9-13(17-18)10(2)15(12-6-4-8-20-12)16-14(9)11-5-3-7-19-11/h3-10,14-16,18H,1-2H3/p+1/t9-,10-,14-,15+/m1/s1. The summed E-state index contributed by atoms with van der Waals surface area (Å²) in [7, 11) is 0. The van der Waals surface area contributed by atoms with Crippen molar-refractivity contribution in [2.24, 2.45) is 17.0 Å². The molecule has 0 saturated carbocycles. The molecular weight excluding hydrogens is 256 g/mol. The molecule has 3 N–H and O–H groups in total. The Kier molecular flexibility index (Phi) is 3.36. The maximum absolute atomic E-state index is 9.38. The monoisotopic (exact) mass is 275 g/mol. The minimum Gasteiger partial charge on any atom is -0.463 e. The molecular formula is C15H19N2O3+. The van der Waals surface area contributed by atoms with Crippen molar-refractivity contribution in [3.8, 4) is 0 Å². The Balaban J connectivity index is 1.97. The molecule has 5 nitrogen and oxygen atoms in total. The zero-order valence-corrected chi connectivity index (χ0v) is 11.6. The third-order valence-corrected chi connectivity index (χ3v) is 4.28. The van der Waals surface area contributed by atoms with Gasteiger partial charge in [-0.2, -0.15) is 0 Å². The summed E-state index contributed by atoms with van der Waals surface area (Å²) in [6.07, 6.45) is 3.34. The van der Waals surface area contributed by atoms with Gasteiger partial charge in [-0.05, 0) is 24.3 Å². The van der Waals surface area contributed by atoms with Gasteiger partial charge in [0.05, 0.1) is 30.1 Å². The van der Waals surface area contributed by atoms with Gasteiger partial charge in [0.15, 0.2) is 23.6 Å². The molecule has 0 aliphatic carbocycles. The van der Waals surface area contributed by atoms with Crippen molar-refractivity contribution >= 4 is 5.71 Å². The molecule has 0 spiro atoms. The van der Waals surface area contributed by atoms with Gasteiger partial charge < -0.3 is 19.4 Å². The summed E-state index contributed by atoms with van der Waals surface area (Å²) in [5.74, 6) is 1.99. The van der Waals surface area contributed by atoms with E-state index in [4.69, 9.17) is 8.83 Å². The van der Waals surface area contributed by atoms with Crippen molar-refractivity contribution in [2.45, 2.75) is 25.9 Å². The molecule has 1 saturated heterocycles. The predicted molar refractivity (Wildman–Crippen MR) is 72.4 cm³/mol. The second kappa shape index (κ2) is 5.17. The Morgan fingerprint density at radius 3 is 1.85 bits per heavy atom. The Labute approximate surface area is 117 Å². The zero-order chi connectivity index (χ0) is 14.1. The molecule has 0 bridgehead atoms. The second-order valence-electron chi connectivity index (χ2n) is 5.38. The number of nitrogens with zero attached hydrogens (tertiary/aromatic N) is 1. The topological polar surface area (TPSA) is 75.5 Å². The van der Waals surface area contributed by atoms with Gasteiger partial charge in [0.2, 0.25) is 0 Å². The van der Waals surface area contributed by atoms with Crippen LogP contribution in [-0.2, 0) is 0 Å². The molecule has 5 heteroatoms. The number of furan rings is 2. The maximum atomic E-state index is 9.38. The molecule has 0 radical (unpaired) electrons. The molecule has 20 heavy (non-hydrogen) atoms. The van der Waals surface area contributed by atoms with Gasteiger partial charge >= 0.3 is 0 Å². The molecule has 0 unspecified atom stereocenters. The van der Waals surface area contributed by atoms with Crippen LogP contribution in [0.3, 0.4) is 0 Å².